The zero-order valence-corrected chi connectivity index (χ0v) is 14.3. The summed E-state index contributed by atoms with van der Waals surface area (Å²) in [4.78, 5) is 20.7. The molecule has 0 saturated heterocycles. The van der Waals surface area contributed by atoms with E-state index in [0.717, 1.165) is 36.7 Å². The molecule has 6 nitrogen and oxygen atoms in total. The molecule has 1 atom stereocenters. The molecule has 0 radical (unpaired) electrons. The fourth-order valence-corrected chi connectivity index (χ4v) is 3.69. The zero-order chi connectivity index (χ0) is 17.6. The van der Waals surface area contributed by atoms with Gasteiger partial charge in [-0.3, -0.25) is 10.1 Å². The second kappa shape index (κ2) is 6.73. The lowest BCUT2D eigenvalue weighted by molar-refractivity contribution is -0.136. The van der Waals surface area contributed by atoms with E-state index in [9.17, 15) is 9.90 Å². The van der Waals surface area contributed by atoms with E-state index < -0.39 is 11.5 Å². The van der Waals surface area contributed by atoms with Crippen molar-refractivity contribution in [3.63, 3.8) is 0 Å². The summed E-state index contributed by atoms with van der Waals surface area (Å²) in [6.45, 7) is 9.01. The maximum atomic E-state index is 12.7. The number of imidazole rings is 1. The zero-order valence-electron chi connectivity index (χ0n) is 14.3. The molecule has 6 heteroatoms. The summed E-state index contributed by atoms with van der Waals surface area (Å²) in [6, 6.07) is 5.73. The second-order valence-corrected chi connectivity index (χ2v) is 7.34. The number of aliphatic hydroxyl groups is 1. The summed E-state index contributed by atoms with van der Waals surface area (Å²) >= 11 is 0. The van der Waals surface area contributed by atoms with Crippen LogP contribution in [0.15, 0.2) is 18.2 Å². The highest BCUT2D eigenvalue weighted by Crippen LogP contribution is 2.40. The summed E-state index contributed by atoms with van der Waals surface area (Å²) in [6.07, 6.45) is 5.58. The number of aromatic nitrogens is 2. The van der Waals surface area contributed by atoms with Crippen LogP contribution < -0.4 is 5.32 Å². The summed E-state index contributed by atoms with van der Waals surface area (Å²) in [7, 11) is 0. The maximum absolute atomic E-state index is 12.7. The number of benzene rings is 1. The van der Waals surface area contributed by atoms with Gasteiger partial charge in [0.25, 0.3) is 0 Å². The first kappa shape index (κ1) is 18.4. The van der Waals surface area contributed by atoms with Crippen molar-refractivity contribution in [2.24, 2.45) is 5.92 Å². The lowest BCUT2D eigenvalue weighted by atomic mass is 9.71. The third-order valence-corrected chi connectivity index (χ3v) is 5.90. The molecule has 2 aliphatic carbocycles. The largest absolute Gasteiger partial charge is 0.389 e. The number of carbonyl (C=O) groups excluding carboxylic acids is 1. The van der Waals surface area contributed by atoms with E-state index in [4.69, 9.17) is 6.57 Å². The molecule has 1 aromatic heterocycles. The first-order chi connectivity index (χ1) is 12.0. The van der Waals surface area contributed by atoms with Gasteiger partial charge in [-0.05, 0) is 50.7 Å². The monoisotopic (exact) mass is 354 g/mol. The van der Waals surface area contributed by atoms with E-state index in [1.165, 1.54) is 0 Å². The Morgan fingerprint density at radius 3 is 2.69 bits per heavy atom. The number of hydrogen-bond acceptors (Lipinski definition) is 3. The highest BCUT2D eigenvalue weighted by Gasteiger charge is 2.43. The number of carbonyl (C=O) groups is 1. The fraction of sp³-hybridized carbons (Fsp3) is 0.550. The molecule has 4 rings (SSSR count). The Kier molecular flexibility index (Phi) is 4.76. The van der Waals surface area contributed by atoms with E-state index in [1.54, 1.807) is 13.0 Å². The van der Waals surface area contributed by atoms with Gasteiger partial charge < -0.3 is 9.67 Å². The first-order valence-electron chi connectivity index (χ1n) is 8.94. The van der Waals surface area contributed by atoms with Crippen molar-refractivity contribution in [3.8, 4) is 0 Å². The van der Waals surface area contributed by atoms with Crippen molar-refractivity contribution in [1.82, 2.24) is 9.55 Å². The van der Waals surface area contributed by atoms with Gasteiger partial charge >= 0.3 is 0 Å². The third-order valence-electron chi connectivity index (χ3n) is 5.90. The Balaban J connectivity index is 0.00000196. The Bertz CT molecular complexity index is 872. The number of rotatable bonds is 4. The molecule has 0 aliphatic heterocycles. The van der Waals surface area contributed by atoms with Crippen LogP contribution in [0.5, 0.6) is 0 Å². The van der Waals surface area contributed by atoms with Crippen LogP contribution in [0.25, 0.3) is 15.9 Å². The number of nitrogens with one attached hydrogen (secondary N) is 1. The van der Waals surface area contributed by atoms with Gasteiger partial charge in [-0.25, -0.2) is 9.83 Å². The number of nitrogens with zero attached hydrogens (tertiary/aromatic N) is 3. The van der Waals surface area contributed by atoms with E-state index in [-0.39, 0.29) is 13.3 Å². The van der Waals surface area contributed by atoms with Gasteiger partial charge in [-0.15, -0.1) is 0 Å². The predicted octanol–water partition coefficient (Wildman–Crippen LogP) is 4.44. The van der Waals surface area contributed by atoms with Crippen LogP contribution in [0.1, 0.15) is 58.9 Å². The average molecular weight is 354 g/mol. The average Bonchev–Trinajstić information content (AvgIpc) is 2.87. The number of anilines is 1. The molecule has 2 aliphatic rings. The minimum atomic E-state index is -0.880. The van der Waals surface area contributed by atoms with Crippen molar-refractivity contribution in [3.05, 3.63) is 29.6 Å². The molecule has 26 heavy (non-hydrogen) atoms. The second-order valence-electron chi connectivity index (χ2n) is 7.34. The van der Waals surface area contributed by atoms with Gasteiger partial charge in [-0.2, -0.15) is 0 Å². The van der Waals surface area contributed by atoms with E-state index >= 15 is 0 Å². The van der Waals surface area contributed by atoms with E-state index in [2.05, 4.69) is 19.7 Å². The van der Waals surface area contributed by atoms with Crippen molar-refractivity contribution >= 4 is 28.6 Å². The minimum Gasteiger partial charge on any atom is -0.389 e. The molecule has 2 fully saturated rings. The van der Waals surface area contributed by atoms with E-state index in [0.29, 0.717) is 30.5 Å². The molecule has 2 N–H and O–H groups in total. The molecule has 1 aromatic carbocycles. The van der Waals surface area contributed by atoms with Gasteiger partial charge in [0.05, 0.1) is 29.1 Å². The molecule has 138 valence electrons. The lowest BCUT2D eigenvalue weighted by Gasteiger charge is -2.40. The molecule has 0 spiro atoms. The van der Waals surface area contributed by atoms with E-state index in [1.807, 2.05) is 12.1 Å². The van der Waals surface area contributed by atoms with Crippen molar-refractivity contribution in [1.29, 1.82) is 0 Å². The van der Waals surface area contributed by atoms with Gasteiger partial charge in [0.2, 0.25) is 11.9 Å². The Hall–Kier alpha value is -2.39. The van der Waals surface area contributed by atoms with Crippen LogP contribution >= 0.6 is 0 Å². The van der Waals surface area contributed by atoms with Crippen LogP contribution in [0.3, 0.4) is 0 Å². The number of fused-ring (bicyclic) bond motifs is 1. The first-order valence-corrected chi connectivity index (χ1v) is 8.94. The van der Waals surface area contributed by atoms with Crippen LogP contribution in [0.4, 0.5) is 11.6 Å². The highest BCUT2D eigenvalue weighted by atomic mass is 16.3. The summed E-state index contributed by atoms with van der Waals surface area (Å²) in [5.41, 5.74) is 1.37. The van der Waals surface area contributed by atoms with Crippen LogP contribution in [-0.4, -0.2) is 26.2 Å². The van der Waals surface area contributed by atoms with Gasteiger partial charge in [0.15, 0.2) is 5.69 Å². The normalized spacial score (nSPS) is 19.6. The molecular weight excluding hydrogens is 328 g/mol. The topological polar surface area (TPSA) is 71.5 Å². The number of amides is 1. The molecular formula is C20H26N4O2. The predicted molar refractivity (Wildman–Crippen MR) is 102 cm³/mol. The van der Waals surface area contributed by atoms with Crippen LogP contribution in [0.2, 0.25) is 0 Å². The lowest BCUT2D eigenvalue weighted by Crippen LogP contribution is -2.48. The van der Waals surface area contributed by atoms with Gasteiger partial charge in [0.1, 0.15) is 0 Å². The molecule has 2 saturated carbocycles. The smallest absolute Gasteiger partial charge is 0.232 e. The van der Waals surface area contributed by atoms with Crippen LogP contribution in [0, 0.1) is 12.5 Å². The molecule has 1 amide bonds. The number of hydrogen-bond donors (Lipinski definition) is 2. The fourth-order valence-electron chi connectivity index (χ4n) is 3.69. The van der Waals surface area contributed by atoms with Crippen molar-refractivity contribution in [2.75, 3.05) is 5.32 Å². The van der Waals surface area contributed by atoms with Gasteiger partial charge in [-0.1, -0.05) is 20.4 Å². The quantitative estimate of drug-likeness (QED) is 0.798. The highest BCUT2D eigenvalue weighted by molar-refractivity contribution is 5.94. The van der Waals surface area contributed by atoms with Crippen molar-refractivity contribution < 1.29 is 9.90 Å². The molecule has 1 heterocycles. The minimum absolute atomic E-state index is 0. The third kappa shape index (κ3) is 2.86. The van der Waals surface area contributed by atoms with Crippen molar-refractivity contribution in [2.45, 2.75) is 64.5 Å². The Morgan fingerprint density at radius 1 is 1.42 bits per heavy atom. The Labute approximate surface area is 154 Å². The molecule has 0 bridgehead atoms. The van der Waals surface area contributed by atoms with Crippen LogP contribution in [-0.2, 0) is 4.79 Å². The maximum Gasteiger partial charge on any atom is 0.232 e. The van der Waals surface area contributed by atoms with Gasteiger partial charge in [0, 0.05) is 6.04 Å². The molecule has 2 aromatic rings. The summed E-state index contributed by atoms with van der Waals surface area (Å²) in [5, 5.41) is 13.4. The SMILES string of the molecule is C.[C-]#[N+]c1ccc2nc(NC(=O)[C@@H](C)C3(O)CCC3)n(C3CCC3)c2c1. The Morgan fingerprint density at radius 2 is 2.15 bits per heavy atom. The summed E-state index contributed by atoms with van der Waals surface area (Å²) < 4.78 is 2.06. The molecule has 0 unspecified atom stereocenters. The standard InChI is InChI=1S/C19H22N4O2.CH4/c1-12(19(25)9-4-10-19)17(24)22-18-21-15-8-7-13(20-2)11-16(15)23(18)14-5-3-6-14;/h7-8,11-12,14,25H,3-6,9-10H2,1H3,(H,21,22,24);1H4/t12-;/m1./s1. The summed E-state index contributed by atoms with van der Waals surface area (Å²) in [5.74, 6) is -0.125.